The van der Waals surface area contributed by atoms with Crippen molar-refractivity contribution in [3.8, 4) is 11.8 Å². The number of carbonyl (C=O) groups is 1. The highest BCUT2D eigenvalue weighted by Crippen LogP contribution is 2.43. The molecule has 36 heavy (non-hydrogen) atoms. The number of rotatable bonds is 5. The SMILES string of the molecule is Cc1cc2c(N3CCN[C@@H](C)CC3)c(C(=O)N[C@@H](C)c3ccc(C#N)c(O)c3)cnc2c(C2CC2)n1. The maximum absolute atomic E-state index is 13.7. The van der Waals surface area contributed by atoms with Gasteiger partial charge in [-0.3, -0.25) is 14.8 Å². The number of phenolic OH excluding ortho intramolecular Hbond substituents is 1. The number of aromatic nitrogens is 2. The Bertz CT molecular complexity index is 1360. The van der Waals surface area contributed by atoms with E-state index >= 15 is 0 Å². The third-order valence-corrected chi connectivity index (χ3v) is 7.20. The first-order chi connectivity index (χ1) is 17.4. The molecule has 2 fully saturated rings. The van der Waals surface area contributed by atoms with Crippen molar-refractivity contribution >= 4 is 22.5 Å². The first-order valence-corrected chi connectivity index (χ1v) is 12.7. The Kier molecular flexibility index (Phi) is 6.50. The molecule has 1 saturated carbocycles. The zero-order valence-electron chi connectivity index (χ0n) is 21.0. The van der Waals surface area contributed by atoms with Gasteiger partial charge >= 0.3 is 0 Å². The van der Waals surface area contributed by atoms with Crippen molar-refractivity contribution in [3.05, 3.63) is 58.5 Å². The van der Waals surface area contributed by atoms with Gasteiger partial charge in [0.2, 0.25) is 0 Å². The number of phenols is 1. The number of carbonyl (C=O) groups excluding carboxylic acids is 1. The second kappa shape index (κ2) is 9.75. The van der Waals surface area contributed by atoms with Gasteiger partial charge in [0.1, 0.15) is 11.8 Å². The number of fused-ring (bicyclic) bond motifs is 1. The molecule has 2 aliphatic rings. The first-order valence-electron chi connectivity index (χ1n) is 12.7. The number of aryl methyl sites for hydroxylation is 1. The summed E-state index contributed by atoms with van der Waals surface area (Å²) in [5.74, 6) is 0.136. The van der Waals surface area contributed by atoms with Crippen LogP contribution in [0.15, 0.2) is 30.5 Å². The smallest absolute Gasteiger partial charge is 0.255 e. The number of hydrogen-bond acceptors (Lipinski definition) is 7. The molecule has 1 aliphatic carbocycles. The molecule has 0 spiro atoms. The molecular weight excluding hydrogens is 452 g/mol. The van der Waals surface area contributed by atoms with Gasteiger partial charge in [0.05, 0.1) is 34.1 Å². The molecule has 3 N–H and O–H groups in total. The van der Waals surface area contributed by atoms with Crippen LogP contribution in [0.5, 0.6) is 5.75 Å². The Morgan fingerprint density at radius 1 is 1.28 bits per heavy atom. The number of benzene rings is 1. The number of aromatic hydroxyl groups is 1. The van der Waals surface area contributed by atoms with E-state index < -0.39 is 0 Å². The fourth-order valence-electron chi connectivity index (χ4n) is 4.99. The van der Waals surface area contributed by atoms with Crippen molar-refractivity contribution in [1.82, 2.24) is 20.6 Å². The summed E-state index contributed by atoms with van der Waals surface area (Å²) in [5.41, 5.74) is 5.25. The molecule has 1 aliphatic heterocycles. The molecule has 3 heterocycles. The lowest BCUT2D eigenvalue weighted by Gasteiger charge is -2.27. The molecule has 1 amide bonds. The van der Waals surface area contributed by atoms with Crippen LogP contribution < -0.4 is 15.5 Å². The number of nitrogens with one attached hydrogen (secondary N) is 2. The van der Waals surface area contributed by atoms with Crippen LogP contribution >= 0.6 is 0 Å². The summed E-state index contributed by atoms with van der Waals surface area (Å²) in [6.07, 6.45) is 4.93. The average Bonchev–Trinajstić information content (AvgIpc) is 3.71. The van der Waals surface area contributed by atoms with E-state index in [1.165, 1.54) is 6.07 Å². The molecule has 2 atom stereocenters. The molecule has 0 unspecified atom stereocenters. The number of nitriles is 1. The molecule has 8 heteroatoms. The summed E-state index contributed by atoms with van der Waals surface area (Å²) < 4.78 is 0. The molecular formula is C28H32N6O2. The minimum absolute atomic E-state index is 0.0917. The van der Waals surface area contributed by atoms with Crippen molar-refractivity contribution in [3.63, 3.8) is 0 Å². The van der Waals surface area contributed by atoms with Crippen molar-refractivity contribution in [2.24, 2.45) is 0 Å². The van der Waals surface area contributed by atoms with E-state index in [1.807, 2.05) is 19.9 Å². The Morgan fingerprint density at radius 3 is 2.81 bits per heavy atom. The van der Waals surface area contributed by atoms with Crippen LogP contribution in [0.3, 0.4) is 0 Å². The maximum atomic E-state index is 13.7. The summed E-state index contributed by atoms with van der Waals surface area (Å²) >= 11 is 0. The fraction of sp³-hybridized carbons (Fsp3) is 0.429. The molecule has 5 rings (SSSR count). The largest absolute Gasteiger partial charge is 0.507 e. The maximum Gasteiger partial charge on any atom is 0.255 e. The zero-order valence-corrected chi connectivity index (χ0v) is 21.0. The van der Waals surface area contributed by atoms with Crippen molar-refractivity contribution in [2.45, 2.75) is 58.0 Å². The molecule has 2 aromatic heterocycles. The van der Waals surface area contributed by atoms with Crippen LogP contribution in [0, 0.1) is 18.3 Å². The normalized spacial score (nSPS) is 18.9. The van der Waals surface area contributed by atoms with Crippen molar-refractivity contribution in [2.75, 3.05) is 24.5 Å². The summed E-state index contributed by atoms with van der Waals surface area (Å²) in [6.45, 7) is 8.54. The van der Waals surface area contributed by atoms with Gasteiger partial charge < -0.3 is 20.6 Å². The Balaban J connectivity index is 1.55. The molecule has 8 nitrogen and oxygen atoms in total. The number of pyridine rings is 2. The monoisotopic (exact) mass is 484 g/mol. The minimum Gasteiger partial charge on any atom is -0.507 e. The first kappa shape index (κ1) is 24.0. The van der Waals surface area contributed by atoms with E-state index in [-0.39, 0.29) is 23.3 Å². The molecule has 0 bridgehead atoms. The molecule has 186 valence electrons. The topological polar surface area (TPSA) is 114 Å². The predicted molar refractivity (Wildman–Crippen MR) is 139 cm³/mol. The highest BCUT2D eigenvalue weighted by molar-refractivity contribution is 6.08. The summed E-state index contributed by atoms with van der Waals surface area (Å²) in [6, 6.07) is 8.91. The van der Waals surface area contributed by atoms with Gasteiger partial charge in [-0.1, -0.05) is 6.07 Å². The van der Waals surface area contributed by atoms with E-state index in [2.05, 4.69) is 28.5 Å². The molecule has 3 aromatic rings. The van der Waals surface area contributed by atoms with Crippen molar-refractivity contribution < 1.29 is 9.90 Å². The van der Waals surface area contributed by atoms with E-state index in [1.54, 1.807) is 18.3 Å². The quantitative estimate of drug-likeness (QED) is 0.500. The van der Waals surface area contributed by atoms with Crippen molar-refractivity contribution in [1.29, 1.82) is 5.26 Å². The molecule has 0 radical (unpaired) electrons. The third-order valence-electron chi connectivity index (χ3n) is 7.20. The second-order valence-corrected chi connectivity index (χ2v) is 10.1. The number of anilines is 1. The Hall–Kier alpha value is -3.70. The third kappa shape index (κ3) is 4.71. The van der Waals surface area contributed by atoms with Crippen LogP contribution in [0.1, 0.15) is 77.9 Å². The number of nitrogens with zero attached hydrogens (tertiary/aromatic N) is 4. The summed E-state index contributed by atoms with van der Waals surface area (Å²) in [7, 11) is 0. The Morgan fingerprint density at radius 2 is 2.08 bits per heavy atom. The van der Waals surface area contributed by atoms with E-state index in [0.29, 0.717) is 17.5 Å². The Labute approximate surface area is 211 Å². The van der Waals surface area contributed by atoms with Gasteiger partial charge in [-0.2, -0.15) is 5.26 Å². The van der Waals surface area contributed by atoms with Gasteiger partial charge in [-0.25, -0.2) is 0 Å². The molecule has 1 aromatic carbocycles. The van der Waals surface area contributed by atoms with Crippen LogP contribution in [-0.4, -0.2) is 46.7 Å². The second-order valence-electron chi connectivity index (χ2n) is 10.1. The zero-order chi connectivity index (χ0) is 25.4. The van der Waals surface area contributed by atoms with Crippen LogP contribution in [-0.2, 0) is 0 Å². The highest BCUT2D eigenvalue weighted by atomic mass is 16.3. The fourth-order valence-corrected chi connectivity index (χ4v) is 4.99. The highest BCUT2D eigenvalue weighted by Gasteiger charge is 2.31. The van der Waals surface area contributed by atoms with Crippen LogP contribution in [0.4, 0.5) is 5.69 Å². The van der Waals surface area contributed by atoms with E-state index in [0.717, 1.165) is 72.4 Å². The molecule has 1 saturated heterocycles. The van der Waals surface area contributed by atoms with Gasteiger partial charge in [0.15, 0.2) is 0 Å². The van der Waals surface area contributed by atoms with Gasteiger partial charge in [0, 0.05) is 48.9 Å². The lowest BCUT2D eigenvalue weighted by molar-refractivity contribution is 0.0940. The summed E-state index contributed by atoms with van der Waals surface area (Å²) in [4.78, 5) is 25.6. The van der Waals surface area contributed by atoms with Crippen LogP contribution in [0.2, 0.25) is 0 Å². The van der Waals surface area contributed by atoms with Gasteiger partial charge in [-0.05, 0) is 63.8 Å². The lowest BCUT2D eigenvalue weighted by atomic mass is 10.0. The van der Waals surface area contributed by atoms with E-state index in [4.69, 9.17) is 15.2 Å². The average molecular weight is 485 g/mol. The number of hydrogen-bond donors (Lipinski definition) is 3. The number of amides is 1. The van der Waals surface area contributed by atoms with Gasteiger partial charge in [-0.15, -0.1) is 0 Å². The predicted octanol–water partition coefficient (Wildman–Crippen LogP) is 4.07. The standard InChI is InChI=1S/C28H32N6O2/c1-16-8-10-34(11-9-30-16)27-22-12-17(2)32-25(19-4-5-19)26(22)31-15-23(27)28(36)33-18(3)20-6-7-21(14-29)24(35)13-20/h6-7,12-13,15-16,18-19,30,35H,4-5,8-11H2,1-3H3,(H,33,36)/t16-,18-/m0/s1. The lowest BCUT2D eigenvalue weighted by Crippen LogP contribution is -2.33. The summed E-state index contributed by atoms with van der Waals surface area (Å²) in [5, 5.41) is 26.8. The van der Waals surface area contributed by atoms with E-state index in [9.17, 15) is 9.90 Å². The minimum atomic E-state index is -0.369. The van der Waals surface area contributed by atoms with Gasteiger partial charge in [0.25, 0.3) is 5.91 Å². The van der Waals surface area contributed by atoms with Crippen LogP contribution in [0.25, 0.3) is 10.9 Å².